The minimum absolute atomic E-state index is 0.0352. The van der Waals surface area contributed by atoms with Gasteiger partial charge in [-0.05, 0) is 24.3 Å². The molecule has 2 heterocycles. The number of aromatic nitrogens is 2. The van der Waals surface area contributed by atoms with Crippen LogP contribution in [0.4, 0.5) is 4.79 Å². The molecule has 0 spiro atoms. The summed E-state index contributed by atoms with van der Waals surface area (Å²) in [5.41, 5.74) is 1.63. The van der Waals surface area contributed by atoms with Crippen LogP contribution in [0.25, 0.3) is 21.8 Å². The molecule has 118 valence electrons. The number of carbonyl (C=O) groups is 1. The maximum Gasteiger partial charge on any atom is 0.407 e. The molecular weight excluding hydrogens is 294 g/mol. The first-order chi connectivity index (χ1) is 11.1. The number of fused-ring (bicyclic) bond motifs is 3. The Bertz CT molecular complexity index is 949. The first kappa shape index (κ1) is 13.9. The fourth-order valence-electron chi connectivity index (χ4n) is 3.55. The highest BCUT2D eigenvalue weighted by Gasteiger charge is 2.25. The molecular formula is C17H17N3O3. The lowest BCUT2D eigenvalue weighted by molar-refractivity contribution is 0.125. The summed E-state index contributed by atoms with van der Waals surface area (Å²) < 4.78 is 1.79. The number of hydrogen-bond acceptors (Lipinski definition) is 2. The SMILES string of the molecule is O=C(O)N1CCC(n2c(=O)[nH]c3c4ccccc4ccc32)CC1. The highest BCUT2D eigenvalue weighted by atomic mass is 16.4. The average Bonchev–Trinajstić information content (AvgIpc) is 2.91. The van der Waals surface area contributed by atoms with E-state index in [1.165, 1.54) is 4.90 Å². The second-order valence-corrected chi connectivity index (χ2v) is 5.98. The Morgan fingerprint density at radius 2 is 1.87 bits per heavy atom. The maximum absolute atomic E-state index is 12.5. The summed E-state index contributed by atoms with van der Waals surface area (Å²) in [6.07, 6.45) is 0.429. The maximum atomic E-state index is 12.5. The van der Waals surface area contributed by atoms with Gasteiger partial charge in [0, 0.05) is 24.5 Å². The van der Waals surface area contributed by atoms with Gasteiger partial charge in [0.1, 0.15) is 0 Å². The van der Waals surface area contributed by atoms with Gasteiger partial charge in [-0.2, -0.15) is 0 Å². The number of hydrogen-bond donors (Lipinski definition) is 2. The first-order valence-corrected chi connectivity index (χ1v) is 7.75. The van der Waals surface area contributed by atoms with E-state index in [4.69, 9.17) is 5.11 Å². The van der Waals surface area contributed by atoms with Crippen molar-refractivity contribution in [3.05, 3.63) is 46.9 Å². The van der Waals surface area contributed by atoms with Crippen LogP contribution in [0.5, 0.6) is 0 Å². The quantitative estimate of drug-likeness (QED) is 0.725. The number of amides is 1. The molecule has 1 aromatic heterocycles. The van der Waals surface area contributed by atoms with Gasteiger partial charge in [-0.1, -0.05) is 30.3 Å². The Morgan fingerprint density at radius 3 is 2.61 bits per heavy atom. The molecule has 1 aliphatic heterocycles. The molecule has 0 unspecified atom stereocenters. The molecule has 2 N–H and O–H groups in total. The van der Waals surface area contributed by atoms with E-state index in [-0.39, 0.29) is 11.7 Å². The predicted molar refractivity (Wildman–Crippen MR) is 87.9 cm³/mol. The molecule has 23 heavy (non-hydrogen) atoms. The van der Waals surface area contributed by atoms with E-state index in [0.717, 1.165) is 21.8 Å². The zero-order valence-corrected chi connectivity index (χ0v) is 12.5. The average molecular weight is 311 g/mol. The van der Waals surface area contributed by atoms with E-state index in [9.17, 15) is 9.59 Å². The van der Waals surface area contributed by atoms with Crippen molar-refractivity contribution in [3.63, 3.8) is 0 Å². The van der Waals surface area contributed by atoms with Gasteiger partial charge >= 0.3 is 11.8 Å². The van der Waals surface area contributed by atoms with Crippen molar-refractivity contribution in [2.24, 2.45) is 0 Å². The van der Waals surface area contributed by atoms with E-state index in [1.54, 1.807) is 4.57 Å². The highest BCUT2D eigenvalue weighted by Crippen LogP contribution is 2.28. The normalized spacial score (nSPS) is 16.3. The topological polar surface area (TPSA) is 78.3 Å². The summed E-state index contributed by atoms with van der Waals surface area (Å²) in [4.78, 5) is 27.9. The summed E-state index contributed by atoms with van der Waals surface area (Å²) >= 11 is 0. The van der Waals surface area contributed by atoms with Gasteiger partial charge in [-0.3, -0.25) is 4.57 Å². The lowest BCUT2D eigenvalue weighted by Gasteiger charge is -2.30. The molecule has 6 nitrogen and oxygen atoms in total. The molecule has 1 amide bonds. The van der Waals surface area contributed by atoms with Crippen molar-refractivity contribution in [2.45, 2.75) is 18.9 Å². The number of likely N-dealkylation sites (tertiary alicyclic amines) is 1. The van der Waals surface area contributed by atoms with Crippen molar-refractivity contribution >= 4 is 27.9 Å². The largest absolute Gasteiger partial charge is 0.465 e. The van der Waals surface area contributed by atoms with Crippen LogP contribution in [0.2, 0.25) is 0 Å². The van der Waals surface area contributed by atoms with Crippen LogP contribution < -0.4 is 5.69 Å². The van der Waals surface area contributed by atoms with E-state index >= 15 is 0 Å². The smallest absolute Gasteiger partial charge is 0.407 e. The van der Waals surface area contributed by atoms with E-state index in [0.29, 0.717) is 25.9 Å². The minimum Gasteiger partial charge on any atom is -0.465 e. The zero-order chi connectivity index (χ0) is 16.0. The second-order valence-electron chi connectivity index (χ2n) is 5.98. The molecule has 1 fully saturated rings. The van der Waals surface area contributed by atoms with E-state index in [2.05, 4.69) is 4.98 Å². The molecule has 1 aliphatic rings. The molecule has 0 atom stereocenters. The minimum atomic E-state index is -0.888. The highest BCUT2D eigenvalue weighted by molar-refractivity contribution is 6.04. The monoisotopic (exact) mass is 311 g/mol. The summed E-state index contributed by atoms with van der Waals surface area (Å²) in [6.45, 7) is 0.930. The number of imidazole rings is 1. The molecule has 4 rings (SSSR count). The standard InChI is InChI=1S/C17H17N3O3/c21-16-18-15-13-4-2-1-3-11(13)5-6-14(15)20(16)12-7-9-19(10-8-12)17(22)23/h1-6,12H,7-10H2,(H,18,21)(H,22,23). The Morgan fingerprint density at radius 1 is 1.13 bits per heavy atom. The Labute approximate surface area is 131 Å². The number of nitrogens with one attached hydrogen (secondary N) is 1. The van der Waals surface area contributed by atoms with Crippen LogP contribution in [0.15, 0.2) is 41.2 Å². The number of rotatable bonds is 1. The number of nitrogens with zero attached hydrogens (tertiary/aromatic N) is 2. The van der Waals surface area contributed by atoms with Crippen LogP contribution >= 0.6 is 0 Å². The van der Waals surface area contributed by atoms with Crippen molar-refractivity contribution < 1.29 is 9.90 Å². The fourth-order valence-corrected chi connectivity index (χ4v) is 3.55. The van der Waals surface area contributed by atoms with Gasteiger partial charge in [-0.15, -0.1) is 0 Å². The second kappa shape index (κ2) is 5.15. The van der Waals surface area contributed by atoms with Gasteiger partial charge in [-0.25, -0.2) is 9.59 Å². The van der Waals surface area contributed by atoms with Gasteiger partial charge in [0.25, 0.3) is 0 Å². The fraction of sp³-hybridized carbons (Fsp3) is 0.294. The van der Waals surface area contributed by atoms with Crippen molar-refractivity contribution in [2.75, 3.05) is 13.1 Å². The molecule has 3 aromatic rings. The Balaban J connectivity index is 1.79. The number of benzene rings is 2. The molecule has 2 aromatic carbocycles. The van der Waals surface area contributed by atoms with Crippen LogP contribution in [-0.2, 0) is 0 Å². The Hall–Kier alpha value is -2.76. The number of piperidine rings is 1. The third-order valence-electron chi connectivity index (χ3n) is 4.72. The molecule has 0 saturated carbocycles. The summed E-state index contributed by atoms with van der Waals surface area (Å²) in [6, 6.07) is 12.0. The molecule has 6 heteroatoms. The lowest BCUT2D eigenvalue weighted by Crippen LogP contribution is -2.39. The summed E-state index contributed by atoms with van der Waals surface area (Å²) in [5, 5.41) is 11.2. The van der Waals surface area contributed by atoms with Crippen molar-refractivity contribution in [3.8, 4) is 0 Å². The van der Waals surface area contributed by atoms with Gasteiger partial charge < -0.3 is 15.0 Å². The summed E-state index contributed by atoms with van der Waals surface area (Å²) in [5.74, 6) is 0. The lowest BCUT2D eigenvalue weighted by atomic mass is 10.0. The van der Waals surface area contributed by atoms with Crippen LogP contribution in [-0.4, -0.2) is 38.7 Å². The van der Waals surface area contributed by atoms with Gasteiger partial charge in [0.2, 0.25) is 0 Å². The van der Waals surface area contributed by atoms with Crippen LogP contribution in [0.3, 0.4) is 0 Å². The predicted octanol–water partition coefficient (Wildman–Crippen LogP) is 2.80. The molecule has 0 aliphatic carbocycles. The van der Waals surface area contributed by atoms with Gasteiger partial charge in [0.15, 0.2) is 0 Å². The van der Waals surface area contributed by atoms with E-state index in [1.807, 2.05) is 36.4 Å². The zero-order valence-electron chi connectivity index (χ0n) is 12.5. The Kier molecular flexibility index (Phi) is 3.11. The molecule has 0 bridgehead atoms. The number of aromatic amines is 1. The van der Waals surface area contributed by atoms with Crippen molar-refractivity contribution in [1.29, 1.82) is 0 Å². The van der Waals surface area contributed by atoms with Gasteiger partial charge in [0.05, 0.1) is 11.0 Å². The van der Waals surface area contributed by atoms with Crippen LogP contribution in [0, 0.1) is 0 Å². The third-order valence-corrected chi connectivity index (χ3v) is 4.72. The number of H-pyrrole nitrogens is 1. The van der Waals surface area contributed by atoms with Crippen LogP contribution in [0.1, 0.15) is 18.9 Å². The van der Waals surface area contributed by atoms with E-state index < -0.39 is 6.09 Å². The summed E-state index contributed by atoms with van der Waals surface area (Å²) in [7, 11) is 0. The molecule has 1 saturated heterocycles. The van der Waals surface area contributed by atoms with Crippen molar-refractivity contribution in [1.82, 2.24) is 14.5 Å². The first-order valence-electron chi connectivity index (χ1n) is 7.75. The molecule has 0 radical (unpaired) electrons. The third kappa shape index (κ3) is 2.18. The number of carboxylic acid groups (broad SMARTS) is 1.